The van der Waals surface area contributed by atoms with Gasteiger partial charge in [-0.05, 0) is 45.1 Å². The van der Waals surface area contributed by atoms with Crippen molar-refractivity contribution in [2.75, 3.05) is 20.1 Å². The number of hydrogen-bond donors (Lipinski definition) is 0. The molecule has 0 atom stereocenters. The maximum Gasteiger partial charge on any atom is 0.160 e. The molecule has 1 fully saturated rings. The van der Waals surface area contributed by atoms with Gasteiger partial charge in [0.05, 0.1) is 0 Å². The van der Waals surface area contributed by atoms with Gasteiger partial charge in [-0.25, -0.2) is 0 Å². The Kier molecular flexibility index (Phi) is 2.83. The molecule has 0 N–H and O–H groups in total. The van der Waals surface area contributed by atoms with E-state index in [4.69, 9.17) is 0 Å². The highest BCUT2D eigenvalue weighted by atomic mass is 16.1. The van der Waals surface area contributed by atoms with E-state index < -0.39 is 0 Å². The molecule has 1 aliphatic rings. The number of nitrogens with zero attached hydrogens (tertiary/aromatic N) is 4. The molecule has 2 aromatic rings. The van der Waals surface area contributed by atoms with Gasteiger partial charge in [0.25, 0.3) is 0 Å². The summed E-state index contributed by atoms with van der Waals surface area (Å²) in [4.78, 5) is 13.2. The first kappa shape index (κ1) is 11.3. The zero-order valence-corrected chi connectivity index (χ0v) is 10.4. The highest BCUT2D eigenvalue weighted by Gasteiger charge is 2.22. The third-order valence-electron chi connectivity index (χ3n) is 3.67. The van der Waals surface area contributed by atoms with Crippen LogP contribution in [0.15, 0.2) is 18.3 Å². The largest absolute Gasteiger partial charge is 0.306 e. The molecule has 0 radical (unpaired) electrons. The topological polar surface area (TPSA) is 50.5 Å². The van der Waals surface area contributed by atoms with Gasteiger partial charge in [0.1, 0.15) is 5.82 Å². The lowest BCUT2D eigenvalue weighted by Crippen LogP contribution is -2.29. The Hall–Kier alpha value is -1.75. The van der Waals surface area contributed by atoms with E-state index in [1.54, 1.807) is 6.07 Å². The molecule has 2 aromatic heterocycles. The molecule has 1 saturated heterocycles. The Morgan fingerprint density at radius 3 is 2.78 bits per heavy atom. The first-order valence-electron chi connectivity index (χ1n) is 6.26. The van der Waals surface area contributed by atoms with E-state index in [9.17, 15) is 4.79 Å². The molecule has 0 bridgehead atoms. The Morgan fingerprint density at radius 2 is 2.06 bits per heavy atom. The smallest absolute Gasteiger partial charge is 0.160 e. The van der Waals surface area contributed by atoms with Crippen molar-refractivity contribution in [3.8, 4) is 0 Å². The Bertz CT molecular complexity index is 569. The van der Waals surface area contributed by atoms with Crippen LogP contribution < -0.4 is 0 Å². The van der Waals surface area contributed by atoms with Gasteiger partial charge in [0, 0.05) is 17.7 Å². The number of hydrogen-bond acceptors (Lipinski definition) is 4. The van der Waals surface area contributed by atoms with Crippen LogP contribution >= 0.6 is 0 Å². The monoisotopic (exact) mass is 244 g/mol. The van der Waals surface area contributed by atoms with Gasteiger partial charge in [-0.1, -0.05) is 0 Å². The molecule has 5 heteroatoms. The lowest BCUT2D eigenvalue weighted by molar-refractivity contribution is 0.112. The highest BCUT2D eigenvalue weighted by Crippen LogP contribution is 2.26. The standard InChI is InChI=1S/C13H16N4O/c1-16-6-4-11(5-7-16)13-15-14-12-3-2-10(9-18)8-17(12)13/h2-3,8-9,11H,4-7H2,1H3. The lowest BCUT2D eigenvalue weighted by Gasteiger charge is -2.27. The quantitative estimate of drug-likeness (QED) is 0.748. The molecule has 18 heavy (non-hydrogen) atoms. The van der Waals surface area contributed by atoms with E-state index in [2.05, 4.69) is 22.1 Å². The Balaban J connectivity index is 1.98. The van der Waals surface area contributed by atoms with Crippen LogP contribution in [0.5, 0.6) is 0 Å². The Labute approximate surface area is 105 Å². The normalized spacial score (nSPS) is 18.3. The minimum absolute atomic E-state index is 0.443. The summed E-state index contributed by atoms with van der Waals surface area (Å²) in [6.45, 7) is 2.18. The van der Waals surface area contributed by atoms with E-state index in [0.717, 1.165) is 43.7 Å². The van der Waals surface area contributed by atoms with E-state index >= 15 is 0 Å². The molecule has 0 aliphatic carbocycles. The zero-order valence-electron chi connectivity index (χ0n) is 10.4. The molecule has 0 spiro atoms. The fraction of sp³-hybridized carbons (Fsp3) is 0.462. The lowest BCUT2D eigenvalue weighted by atomic mass is 9.96. The van der Waals surface area contributed by atoms with Crippen LogP contribution in [0.25, 0.3) is 5.65 Å². The summed E-state index contributed by atoms with van der Waals surface area (Å²) in [7, 11) is 2.14. The van der Waals surface area contributed by atoms with E-state index in [1.807, 2.05) is 16.7 Å². The minimum Gasteiger partial charge on any atom is -0.306 e. The van der Waals surface area contributed by atoms with E-state index in [1.165, 1.54) is 0 Å². The molecule has 0 unspecified atom stereocenters. The summed E-state index contributed by atoms with van der Waals surface area (Å²) < 4.78 is 1.96. The summed E-state index contributed by atoms with van der Waals surface area (Å²) in [5.41, 5.74) is 1.48. The van der Waals surface area contributed by atoms with Crippen LogP contribution in [0.3, 0.4) is 0 Å². The van der Waals surface area contributed by atoms with Crippen LogP contribution in [0, 0.1) is 0 Å². The second-order valence-corrected chi connectivity index (χ2v) is 4.94. The average Bonchev–Trinajstić information content (AvgIpc) is 2.82. The molecule has 1 aliphatic heterocycles. The first-order chi connectivity index (χ1) is 8.78. The number of rotatable bonds is 2. The fourth-order valence-corrected chi connectivity index (χ4v) is 2.54. The van der Waals surface area contributed by atoms with Crippen molar-refractivity contribution < 1.29 is 4.79 Å². The third kappa shape index (κ3) is 1.90. The number of carbonyl (C=O) groups excluding carboxylic acids is 1. The van der Waals surface area contributed by atoms with Crippen LogP contribution in [0.2, 0.25) is 0 Å². The number of aldehydes is 1. The molecule has 94 valence electrons. The maximum atomic E-state index is 10.8. The van der Waals surface area contributed by atoms with Gasteiger partial charge >= 0.3 is 0 Å². The number of fused-ring (bicyclic) bond motifs is 1. The number of carbonyl (C=O) groups is 1. The number of pyridine rings is 1. The number of piperidine rings is 1. The second-order valence-electron chi connectivity index (χ2n) is 4.94. The zero-order chi connectivity index (χ0) is 12.5. The first-order valence-corrected chi connectivity index (χ1v) is 6.26. The molecular formula is C13H16N4O. The number of aromatic nitrogens is 3. The van der Waals surface area contributed by atoms with Gasteiger partial charge in [0.2, 0.25) is 0 Å². The average molecular weight is 244 g/mol. The summed E-state index contributed by atoms with van der Waals surface area (Å²) >= 11 is 0. The number of likely N-dealkylation sites (tertiary alicyclic amines) is 1. The Morgan fingerprint density at radius 1 is 1.28 bits per heavy atom. The SMILES string of the molecule is CN1CCC(c2nnc3ccc(C=O)cn23)CC1. The fourth-order valence-electron chi connectivity index (χ4n) is 2.54. The molecule has 3 rings (SSSR count). The molecular weight excluding hydrogens is 228 g/mol. The predicted octanol–water partition coefficient (Wildman–Crippen LogP) is 1.35. The molecule has 5 nitrogen and oxygen atoms in total. The van der Waals surface area contributed by atoms with Crippen molar-refractivity contribution in [1.29, 1.82) is 0 Å². The van der Waals surface area contributed by atoms with Crippen molar-refractivity contribution in [3.63, 3.8) is 0 Å². The van der Waals surface area contributed by atoms with Gasteiger partial charge < -0.3 is 4.90 Å². The predicted molar refractivity (Wildman–Crippen MR) is 67.8 cm³/mol. The summed E-state index contributed by atoms with van der Waals surface area (Å²) in [5, 5.41) is 8.47. The second kappa shape index (κ2) is 4.49. The van der Waals surface area contributed by atoms with Crippen LogP contribution in [-0.4, -0.2) is 45.9 Å². The van der Waals surface area contributed by atoms with Gasteiger partial charge in [-0.2, -0.15) is 0 Å². The minimum atomic E-state index is 0.443. The van der Waals surface area contributed by atoms with Crippen LogP contribution in [-0.2, 0) is 0 Å². The van der Waals surface area contributed by atoms with Crippen LogP contribution in [0.1, 0.15) is 34.9 Å². The third-order valence-corrected chi connectivity index (χ3v) is 3.67. The van der Waals surface area contributed by atoms with Gasteiger partial charge in [0.15, 0.2) is 11.9 Å². The van der Waals surface area contributed by atoms with Gasteiger partial charge in [-0.3, -0.25) is 9.20 Å². The van der Waals surface area contributed by atoms with Crippen LogP contribution in [0.4, 0.5) is 0 Å². The van der Waals surface area contributed by atoms with E-state index in [-0.39, 0.29) is 0 Å². The molecule has 0 aromatic carbocycles. The molecule has 0 amide bonds. The summed E-state index contributed by atoms with van der Waals surface area (Å²) in [5.74, 6) is 1.43. The summed E-state index contributed by atoms with van der Waals surface area (Å²) in [6.07, 6.45) is 4.89. The highest BCUT2D eigenvalue weighted by molar-refractivity contribution is 5.74. The maximum absolute atomic E-state index is 10.8. The van der Waals surface area contributed by atoms with Crippen molar-refractivity contribution in [2.24, 2.45) is 0 Å². The van der Waals surface area contributed by atoms with Gasteiger partial charge in [-0.15, -0.1) is 10.2 Å². The summed E-state index contributed by atoms with van der Waals surface area (Å²) in [6, 6.07) is 3.62. The van der Waals surface area contributed by atoms with Crippen molar-refractivity contribution >= 4 is 11.9 Å². The van der Waals surface area contributed by atoms with E-state index in [0.29, 0.717) is 11.5 Å². The molecule has 0 saturated carbocycles. The van der Waals surface area contributed by atoms with Crippen molar-refractivity contribution in [1.82, 2.24) is 19.5 Å². The van der Waals surface area contributed by atoms with Crippen molar-refractivity contribution in [2.45, 2.75) is 18.8 Å². The molecule has 3 heterocycles. The van der Waals surface area contributed by atoms with Crippen molar-refractivity contribution in [3.05, 3.63) is 29.7 Å².